The second-order valence-electron chi connectivity index (χ2n) is 4.14. The van der Waals surface area contributed by atoms with E-state index in [9.17, 15) is 0 Å². The number of aromatic nitrogens is 1. The van der Waals surface area contributed by atoms with Crippen LogP contribution < -0.4 is 5.32 Å². The average molecular weight is 321 g/mol. The first-order valence-corrected chi connectivity index (χ1v) is 7.53. The number of benzene rings is 2. The Balaban J connectivity index is 1.84. The number of nitrogens with one attached hydrogen (secondary N) is 1. The summed E-state index contributed by atoms with van der Waals surface area (Å²) in [7, 11) is 0. The van der Waals surface area contributed by atoms with Crippen LogP contribution in [0.3, 0.4) is 0 Å². The minimum atomic E-state index is 0.578. The van der Waals surface area contributed by atoms with E-state index in [0.29, 0.717) is 10.0 Å². The van der Waals surface area contributed by atoms with E-state index in [-0.39, 0.29) is 0 Å². The van der Waals surface area contributed by atoms with Crippen LogP contribution >= 0.6 is 34.5 Å². The fourth-order valence-electron chi connectivity index (χ4n) is 1.77. The second kappa shape index (κ2) is 5.83. The van der Waals surface area contributed by atoms with Crippen LogP contribution in [-0.2, 0) is 0 Å². The van der Waals surface area contributed by atoms with Crippen molar-refractivity contribution >= 4 is 45.4 Å². The van der Waals surface area contributed by atoms with Crippen molar-refractivity contribution in [3.8, 4) is 10.4 Å². The molecule has 2 aromatic carbocycles. The Morgan fingerprint density at radius 1 is 1.00 bits per heavy atom. The number of hydrogen-bond acceptors (Lipinski definition) is 3. The molecule has 3 rings (SSSR count). The fraction of sp³-hybridized carbons (Fsp3) is 0. The van der Waals surface area contributed by atoms with Gasteiger partial charge in [-0.3, -0.25) is 0 Å². The first-order valence-electron chi connectivity index (χ1n) is 5.96. The molecular formula is C15H10Cl2N2S. The molecule has 2 nitrogen and oxygen atoms in total. The molecule has 1 aromatic heterocycles. The predicted octanol–water partition coefficient (Wildman–Crippen LogP) is 5.86. The largest absolute Gasteiger partial charge is 0.330 e. The molecular weight excluding hydrogens is 311 g/mol. The Bertz CT molecular complexity index is 726. The number of nitrogens with zero attached hydrogens (tertiary/aromatic N) is 1. The third-order valence-electron chi connectivity index (χ3n) is 2.74. The van der Waals surface area contributed by atoms with Gasteiger partial charge in [-0.25, -0.2) is 4.98 Å². The van der Waals surface area contributed by atoms with Crippen molar-refractivity contribution in [2.24, 2.45) is 0 Å². The summed E-state index contributed by atoms with van der Waals surface area (Å²) < 4.78 is 0. The lowest BCUT2D eigenvalue weighted by molar-refractivity contribution is 1.39. The van der Waals surface area contributed by atoms with Gasteiger partial charge in [0.15, 0.2) is 5.13 Å². The highest BCUT2D eigenvalue weighted by molar-refractivity contribution is 7.18. The van der Waals surface area contributed by atoms with Crippen LogP contribution in [-0.4, -0.2) is 4.98 Å². The quantitative estimate of drug-likeness (QED) is 0.653. The van der Waals surface area contributed by atoms with E-state index in [1.165, 1.54) is 0 Å². The van der Waals surface area contributed by atoms with Gasteiger partial charge in [0.1, 0.15) is 0 Å². The number of anilines is 2. The summed E-state index contributed by atoms with van der Waals surface area (Å²) in [4.78, 5) is 5.48. The highest BCUT2D eigenvalue weighted by atomic mass is 35.5. The van der Waals surface area contributed by atoms with Gasteiger partial charge in [0, 0.05) is 11.2 Å². The molecule has 5 heteroatoms. The molecule has 0 spiro atoms. The first kappa shape index (κ1) is 13.4. The molecule has 0 aliphatic rings. The summed E-state index contributed by atoms with van der Waals surface area (Å²) in [6.45, 7) is 0. The van der Waals surface area contributed by atoms with Gasteiger partial charge >= 0.3 is 0 Å². The van der Waals surface area contributed by atoms with E-state index < -0.39 is 0 Å². The molecule has 0 atom stereocenters. The molecule has 0 saturated heterocycles. The van der Waals surface area contributed by atoms with Crippen LogP contribution in [0.25, 0.3) is 10.4 Å². The highest BCUT2D eigenvalue weighted by Gasteiger charge is 2.06. The maximum absolute atomic E-state index is 6.13. The minimum Gasteiger partial charge on any atom is -0.330 e. The van der Waals surface area contributed by atoms with Crippen LogP contribution in [0.1, 0.15) is 0 Å². The Morgan fingerprint density at radius 3 is 2.55 bits per heavy atom. The lowest BCUT2D eigenvalue weighted by Gasteiger charge is -2.05. The molecule has 0 amide bonds. The smallest absolute Gasteiger partial charge is 0.187 e. The van der Waals surface area contributed by atoms with Gasteiger partial charge in [-0.05, 0) is 23.8 Å². The zero-order chi connectivity index (χ0) is 13.9. The van der Waals surface area contributed by atoms with Crippen molar-refractivity contribution in [2.75, 3.05) is 5.32 Å². The molecule has 0 aliphatic heterocycles. The van der Waals surface area contributed by atoms with E-state index in [1.54, 1.807) is 23.5 Å². The van der Waals surface area contributed by atoms with Crippen LogP contribution in [0.2, 0.25) is 10.0 Å². The monoisotopic (exact) mass is 320 g/mol. The van der Waals surface area contributed by atoms with Crippen LogP contribution in [0.4, 0.5) is 10.8 Å². The molecule has 20 heavy (non-hydrogen) atoms. The zero-order valence-electron chi connectivity index (χ0n) is 10.3. The summed E-state index contributed by atoms with van der Waals surface area (Å²) in [5.74, 6) is 0. The summed E-state index contributed by atoms with van der Waals surface area (Å²) in [5, 5.41) is 5.20. The topological polar surface area (TPSA) is 24.9 Å². The normalized spacial score (nSPS) is 10.5. The van der Waals surface area contributed by atoms with Crippen molar-refractivity contribution in [1.82, 2.24) is 4.98 Å². The van der Waals surface area contributed by atoms with Crippen LogP contribution in [0.15, 0.2) is 54.7 Å². The van der Waals surface area contributed by atoms with Crippen molar-refractivity contribution in [3.05, 3.63) is 64.8 Å². The first-order chi connectivity index (χ1) is 9.72. The summed E-state index contributed by atoms with van der Waals surface area (Å²) >= 11 is 13.6. The standard InChI is InChI=1S/C15H10Cl2N2S/c16-11-6-7-13(12(17)8-11)19-15-18-9-14(20-15)10-4-2-1-3-5-10/h1-9H,(H,18,19). The number of halogens is 2. The number of hydrogen-bond donors (Lipinski definition) is 1. The van der Waals surface area contributed by atoms with Crippen LogP contribution in [0, 0.1) is 0 Å². The van der Waals surface area contributed by atoms with E-state index in [0.717, 1.165) is 21.3 Å². The average Bonchev–Trinajstić information content (AvgIpc) is 2.92. The predicted molar refractivity (Wildman–Crippen MR) is 87.3 cm³/mol. The van der Waals surface area contributed by atoms with Crippen molar-refractivity contribution < 1.29 is 0 Å². The van der Waals surface area contributed by atoms with Crippen LogP contribution in [0.5, 0.6) is 0 Å². The maximum atomic E-state index is 6.13. The van der Waals surface area contributed by atoms with E-state index in [1.807, 2.05) is 30.5 Å². The Morgan fingerprint density at radius 2 is 1.80 bits per heavy atom. The molecule has 100 valence electrons. The van der Waals surface area contributed by atoms with Gasteiger partial charge in [0.25, 0.3) is 0 Å². The third-order valence-corrected chi connectivity index (χ3v) is 4.25. The maximum Gasteiger partial charge on any atom is 0.187 e. The van der Waals surface area contributed by atoms with Crippen molar-refractivity contribution in [2.45, 2.75) is 0 Å². The lowest BCUT2D eigenvalue weighted by atomic mass is 10.2. The number of thiazole rings is 1. The Hall–Kier alpha value is -1.55. The van der Waals surface area contributed by atoms with Crippen molar-refractivity contribution in [1.29, 1.82) is 0 Å². The van der Waals surface area contributed by atoms with E-state index in [4.69, 9.17) is 23.2 Å². The molecule has 0 bridgehead atoms. The lowest BCUT2D eigenvalue weighted by Crippen LogP contribution is -1.89. The SMILES string of the molecule is Clc1ccc(Nc2ncc(-c3ccccc3)s2)c(Cl)c1. The number of rotatable bonds is 3. The van der Waals surface area contributed by atoms with Gasteiger partial charge in [-0.2, -0.15) is 0 Å². The molecule has 0 unspecified atom stereocenters. The Labute approximate surface area is 131 Å². The molecule has 3 aromatic rings. The fourth-order valence-corrected chi connectivity index (χ4v) is 3.06. The van der Waals surface area contributed by atoms with Gasteiger partial charge in [0.2, 0.25) is 0 Å². The van der Waals surface area contributed by atoms with E-state index >= 15 is 0 Å². The highest BCUT2D eigenvalue weighted by Crippen LogP contribution is 2.33. The van der Waals surface area contributed by atoms with Gasteiger partial charge < -0.3 is 5.32 Å². The molecule has 0 radical (unpaired) electrons. The zero-order valence-corrected chi connectivity index (χ0v) is 12.6. The summed E-state index contributed by atoms with van der Waals surface area (Å²) in [5.41, 5.74) is 1.95. The molecule has 0 fully saturated rings. The van der Waals surface area contributed by atoms with E-state index in [2.05, 4.69) is 22.4 Å². The van der Waals surface area contributed by atoms with Gasteiger partial charge in [-0.15, -0.1) is 0 Å². The third kappa shape index (κ3) is 2.96. The molecule has 0 aliphatic carbocycles. The van der Waals surface area contributed by atoms with Crippen molar-refractivity contribution in [3.63, 3.8) is 0 Å². The minimum absolute atomic E-state index is 0.578. The molecule has 0 saturated carbocycles. The Kier molecular flexibility index (Phi) is 3.92. The van der Waals surface area contributed by atoms with Gasteiger partial charge in [-0.1, -0.05) is 64.9 Å². The van der Waals surface area contributed by atoms with Gasteiger partial charge in [0.05, 0.1) is 15.6 Å². The molecule has 1 heterocycles. The summed E-state index contributed by atoms with van der Waals surface area (Å²) in [6, 6.07) is 15.5. The molecule has 1 N–H and O–H groups in total. The second-order valence-corrected chi connectivity index (χ2v) is 6.02. The summed E-state index contributed by atoms with van der Waals surface area (Å²) in [6.07, 6.45) is 1.85.